The van der Waals surface area contributed by atoms with E-state index >= 15 is 0 Å². The second kappa shape index (κ2) is 46.1. The van der Waals surface area contributed by atoms with Gasteiger partial charge in [-0.1, -0.05) is 192 Å². The van der Waals surface area contributed by atoms with Crippen molar-refractivity contribution in [3.05, 3.63) is 36.5 Å². The van der Waals surface area contributed by atoms with Crippen LogP contribution in [-0.2, 0) is 28.6 Å². The Kier molecular flexibility index (Phi) is 44.3. The molecule has 0 aliphatic carbocycles. The first-order chi connectivity index (χ1) is 30.6. The van der Waals surface area contributed by atoms with Gasteiger partial charge >= 0.3 is 11.9 Å². The van der Waals surface area contributed by atoms with Crippen molar-refractivity contribution in [3.8, 4) is 0 Å². The van der Waals surface area contributed by atoms with Crippen LogP contribution in [0.15, 0.2) is 36.5 Å². The minimum Gasteiger partial charge on any atom is -0.544 e. The van der Waals surface area contributed by atoms with Gasteiger partial charge in [-0.05, 0) is 70.6 Å². The SMILES string of the molecule is CCCCCCCC/C=C/CCCCCCCCCC(=O)OC(COCCC(C(=O)[O-])[N+](C)(C)C)COC(=O)CCCCCCCCC/C=C/C/C=C/CCCCCCCCCC. The van der Waals surface area contributed by atoms with Gasteiger partial charge in [0.2, 0.25) is 0 Å². The van der Waals surface area contributed by atoms with Crippen LogP contribution in [0.2, 0.25) is 0 Å². The molecular weight excluding hydrogens is 787 g/mol. The van der Waals surface area contributed by atoms with E-state index in [9.17, 15) is 19.5 Å². The highest BCUT2D eigenvalue weighted by molar-refractivity contribution is 5.70. The van der Waals surface area contributed by atoms with E-state index in [1.807, 2.05) is 0 Å². The number of quaternary nitrogens is 1. The van der Waals surface area contributed by atoms with E-state index in [4.69, 9.17) is 14.2 Å². The van der Waals surface area contributed by atoms with Crippen molar-refractivity contribution in [2.24, 2.45) is 0 Å². The molecule has 0 aromatic heterocycles. The van der Waals surface area contributed by atoms with Gasteiger partial charge in [0.15, 0.2) is 6.10 Å². The van der Waals surface area contributed by atoms with Gasteiger partial charge in [0.25, 0.3) is 0 Å². The lowest BCUT2D eigenvalue weighted by Gasteiger charge is -2.34. The van der Waals surface area contributed by atoms with Crippen LogP contribution in [0.5, 0.6) is 0 Å². The first-order valence-electron chi connectivity index (χ1n) is 26.5. The molecule has 0 spiro atoms. The highest BCUT2D eigenvalue weighted by atomic mass is 16.6. The number of aliphatic carboxylic acids is 1. The first-order valence-corrected chi connectivity index (χ1v) is 26.5. The number of unbranched alkanes of at least 4 members (excludes halogenated alkanes) is 28. The van der Waals surface area contributed by atoms with Gasteiger partial charge in [0, 0.05) is 19.3 Å². The summed E-state index contributed by atoms with van der Waals surface area (Å²) in [7, 11) is 5.42. The van der Waals surface area contributed by atoms with Gasteiger partial charge in [0.1, 0.15) is 12.6 Å². The molecule has 8 nitrogen and oxygen atoms in total. The van der Waals surface area contributed by atoms with E-state index in [0.717, 1.165) is 51.4 Å². The first kappa shape index (κ1) is 60.5. The van der Waals surface area contributed by atoms with Gasteiger partial charge in [-0.2, -0.15) is 0 Å². The molecule has 0 saturated heterocycles. The number of carboxylic acids is 1. The summed E-state index contributed by atoms with van der Waals surface area (Å²) < 4.78 is 17.2. The minimum atomic E-state index is -1.12. The number of hydrogen-bond donors (Lipinski definition) is 0. The Morgan fingerprint density at radius 2 is 0.841 bits per heavy atom. The quantitative estimate of drug-likeness (QED) is 0.0259. The molecule has 0 aromatic carbocycles. The van der Waals surface area contributed by atoms with Crippen molar-refractivity contribution < 1.29 is 38.2 Å². The zero-order valence-corrected chi connectivity index (χ0v) is 42.0. The monoisotopic (exact) mass is 888 g/mol. The van der Waals surface area contributed by atoms with Crippen LogP contribution < -0.4 is 5.11 Å². The summed E-state index contributed by atoms with van der Waals surface area (Å²) in [5.74, 6) is -1.74. The summed E-state index contributed by atoms with van der Waals surface area (Å²) in [6.45, 7) is 4.67. The zero-order chi connectivity index (χ0) is 46.3. The number of carbonyl (C=O) groups excluding carboxylic acids is 3. The molecule has 0 amide bonds. The lowest BCUT2D eigenvalue weighted by molar-refractivity contribution is -0.889. The fourth-order valence-corrected chi connectivity index (χ4v) is 7.86. The Bertz CT molecular complexity index is 1130. The number of nitrogens with zero attached hydrogens (tertiary/aromatic N) is 1. The normalized spacial score (nSPS) is 13.1. The van der Waals surface area contributed by atoms with Gasteiger partial charge < -0.3 is 28.6 Å². The number of hydrogen-bond acceptors (Lipinski definition) is 7. The average Bonchev–Trinajstić information content (AvgIpc) is 3.24. The van der Waals surface area contributed by atoms with E-state index in [1.165, 1.54) is 161 Å². The third kappa shape index (κ3) is 44.5. The molecule has 0 aromatic rings. The molecule has 0 radical (unpaired) electrons. The number of ether oxygens (including phenoxy) is 3. The lowest BCUT2D eigenvalue weighted by Crippen LogP contribution is -2.55. The molecule has 0 aliphatic rings. The third-order valence-electron chi connectivity index (χ3n) is 12.0. The summed E-state index contributed by atoms with van der Waals surface area (Å²) in [5, 5.41) is 11.7. The zero-order valence-electron chi connectivity index (χ0n) is 42.0. The maximum atomic E-state index is 12.8. The molecule has 0 rings (SSSR count). The molecule has 0 saturated carbocycles. The molecule has 0 fully saturated rings. The molecule has 0 heterocycles. The van der Waals surface area contributed by atoms with Crippen molar-refractivity contribution in [1.29, 1.82) is 0 Å². The van der Waals surface area contributed by atoms with Gasteiger partial charge in [0.05, 0.1) is 40.3 Å². The Balaban J connectivity index is 4.23. The Morgan fingerprint density at radius 3 is 1.24 bits per heavy atom. The van der Waals surface area contributed by atoms with Crippen LogP contribution in [0.25, 0.3) is 0 Å². The average molecular weight is 888 g/mol. The smallest absolute Gasteiger partial charge is 0.306 e. The molecule has 63 heavy (non-hydrogen) atoms. The number of carbonyl (C=O) groups is 3. The number of likely N-dealkylation sites (N-methyl/N-ethyl adjacent to an activating group) is 1. The molecule has 0 bridgehead atoms. The Hall–Kier alpha value is -2.45. The molecule has 368 valence electrons. The molecular formula is C55H101NO7. The molecule has 8 heteroatoms. The highest BCUT2D eigenvalue weighted by Gasteiger charge is 2.25. The third-order valence-corrected chi connectivity index (χ3v) is 12.0. The van der Waals surface area contributed by atoms with Crippen molar-refractivity contribution in [2.75, 3.05) is 41.0 Å². The summed E-state index contributed by atoms with van der Waals surface area (Å²) in [6, 6.07) is -0.728. The van der Waals surface area contributed by atoms with Crippen LogP contribution in [0.4, 0.5) is 0 Å². The molecule has 2 unspecified atom stereocenters. The van der Waals surface area contributed by atoms with Crippen LogP contribution in [-0.4, -0.2) is 75.5 Å². The predicted molar refractivity (Wildman–Crippen MR) is 263 cm³/mol. The van der Waals surface area contributed by atoms with Crippen molar-refractivity contribution in [3.63, 3.8) is 0 Å². The van der Waals surface area contributed by atoms with Crippen LogP contribution in [0, 0.1) is 0 Å². The van der Waals surface area contributed by atoms with E-state index in [2.05, 4.69) is 50.3 Å². The van der Waals surface area contributed by atoms with E-state index in [0.29, 0.717) is 12.8 Å². The second-order valence-corrected chi connectivity index (χ2v) is 19.1. The maximum absolute atomic E-state index is 12.8. The van der Waals surface area contributed by atoms with Crippen molar-refractivity contribution >= 4 is 17.9 Å². The Morgan fingerprint density at radius 1 is 0.476 bits per heavy atom. The van der Waals surface area contributed by atoms with Crippen molar-refractivity contribution in [2.45, 2.75) is 257 Å². The van der Waals surface area contributed by atoms with E-state index < -0.39 is 18.1 Å². The molecule has 0 aliphatic heterocycles. The van der Waals surface area contributed by atoms with E-state index in [1.54, 1.807) is 21.1 Å². The van der Waals surface area contributed by atoms with Gasteiger partial charge in [-0.25, -0.2) is 0 Å². The summed E-state index contributed by atoms with van der Waals surface area (Å²) in [6.07, 6.45) is 54.6. The van der Waals surface area contributed by atoms with Gasteiger partial charge in [-0.3, -0.25) is 9.59 Å². The maximum Gasteiger partial charge on any atom is 0.306 e. The Labute approximate surface area is 389 Å². The predicted octanol–water partition coefficient (Wildman–Crippen LogP) is 14.0. The van der Waals surface area contributed by atoms with Crippen LogP contribution >= 0.6 is 0 Å². The molecule has 0 N–H and O–H groups in total. The minimum absolute atomic E-state index is 0.0381. The lowest BCUT2D eigenvalue weighted by atomic mass is 10.1. The molecule has 2 atom stereocenters. The van der Waals surface area contributed by atoms with Crippen molar-refractivity contribution in [1.82, 2.24) is 0 Å². The van der Waals surface area contributed by atoms with Crippen LogP contribution in [0.1, 0.15) is 245 Å². The summed E-state index contributed by atoms with van der Waals surface area (Å²) in [4.78, 5) is 37.0. The fraction of sp³-hybridized carbons (Fsp3) is 0.836. The van der Waals surface area contributed by atoms with E-state index in [-0.39, 0.29) is 42.7 Å². The highest BCUT2D eigenvalue weighted by Crippen LogP contribution is 2.15. The number of rotatable bonds is 48. The number of carboxylic acid groups (broad SMARTS) is 1. The standard InChI is InChI=1S/C55H101NO7/c1-6-8-10-12-14-16-18-20-22-24-25-26-27-28-30-31-33-35-37-39-41-43-45-53(57)62-50-51(49-61-48-47-52(55(59)60)56(3,4)5)63-54(58)46-44-42-40-38-36-34-32-29-23-21-19-17-15-13-11-9-7-2/h21,23-25,27-28,51-52H,6-20,22,26,29-50H2,1-5H3/b23-21+,25-24+,28-27+. The van der Waals surface area contributed by atoms with Gasteiger partial charge in [-0.15, -0.1) is 0 Å². The summed E-state index contributed by atoms with van der Waals surface area (Å²) in [5.41, 5.74) is 0. The number of esters is 2. The second-order valence-electron chi connectivity index (χ2n) is 19.1. The number of allylic oxidation sites excluding steroid dienone is 6. The van der Waals surface area contributed by atoms with Crippen LogP contribution in [0.3, 0.4) is 0 Å². The topological polar surface area (TPSA) is 102 Å². The largest absolute Gasteiger partial charge is 0.544 e. The fourth-order valence-electron chi connectivity index (χ4n) is 7.86. The summed E-state index contributed by atoms with van der Waals surface area (Å²) >= 11 is 0.